The molecule has 0 saturated carbocycles. The standard InChI is InChI=1S/C14H19BrN4S2.HI/c1-4-16-14(17-6-12-5-11(15)8-20-12)18-7-13-9(2)19-10(3)21-13;/h5,8H,4,6-7H2,1-3H3,(H2,16,17,18);1H. The second-order valence-corrected chi connectivity index (χ2v) is 7.72. The van der Waals surface area contributed by atoms with Crippen LogP contribution < -0.4 is 10.6 Å². The second-order valence-electron chi connectivity index (χ2n) is 4.52. The first-order chi connectivity index (χ1) is 10.1. The highest BCUT2D eigenvalue weighted by Gasteiger charge is 2.06. The predicted molar refractivity (Wildman–Crippen MR) is 111 cm³/mol. The van der Waals surface area contributed by atoms with E-state index in [0.717, 1.165) is 34.2 Å². The highest BCUT2D eigenvalue weighted by atomic mass is 127. The minimum Gasteiger partial charge on any atom is -0.357 e. The quantitative estimate of drug-likeness (QED) is 0.352. The monoisotopic (exact) mass is 514 g/mol. The van der Waals surface area contributed by atoms with E-state index in [-0.39, 0.29) is 24.0 Å². The molecule has 0 saturated heterocycles. The van der Waals surface area contributed by atoms with Crippen LogP contribution in [0.15, 0.2) is 20.9 Å². The van der Waals surface area contributed by atoms with Crippen molar-refractivity contribution in [3.8, 4) is 0 Å². The molecule has 2 rings (SSSR count). The second kappa shape index (κ2) is 9.84. The first-order valence-electron chi connectivity index (χ1n) is 6.76. The van der Waals surface area contributed by atoms with Crippen LogP contribution in [0.1, 0.15) is 27.4 Å². The molecule has 2 aromatic rings. The summed E-state index contributed by atoms with van der Waals surface area (Å²) in [5.41, 5.74) is 1.10. The number of aliphatic imine (C=N–C) groups is 1. The van der Waals surface area contributed by atoms with Crippen LogP contribution in [-0.4, -0.2) is 17.5 Å². The maximum absolute atomic E-state index is 4.62. The Kier molecular flexibility index (Phi) is 8.88. The molecule has 4 nitrogen and oxygen atoms in total. The number of hydrogen-bond acceptors (Lipinski definition) is 4. The van der Waals surface area contributed by atoms with Gasteiger partial charge in [0.05, 0.1) is 23.8 Å². The van der Waals surface area contributed by atoms with Crippen molar-refractivity contribution in [1.82, 2.24) is 15.6 Å². The van der Waals surface area contributed by atoms with E-state index in [2.05, 4.69) is 54.9 Å². The molecular formula is C14H20BrIN4S2. The average Bonchev–Trinajstić information content (AvgIpc) is 2.99. The van der Waals surface area contributed by atoms with Crippen LogP contribution in [0.3, 0.4) is 0 Å². The third-order valence-corrected chi connectivity index (χ3v) is 5.53. The normalized spacial score (nSPS) is 11.2. The lowest BCUT2D eigenvalue weighted by molar-refractivity contribution is 0.820. The van der Waals surface area contributed by atoms with Crippen LogP contribution in [0.25, 0.3) is 0 Å². The number of hydrogen-bond donors (Lipinski definition) is 2. The van der Waals surface area contributed by atoms with Gasteiger partial charge in [-0.05, 0) is 42.8 Å². The maximum Gasteiger partial charge on any atom is 0.191 e. The highest BCUT2D eigenvalue weighted by molar-refractivity contribution is 14.0. The number of thiophene rings is 1. The highest BCUT2D eigenvalue weighted by Crippen LogP contribution is 2.20. The van der Waals surface area contributed by atoms with Crippen molar-refractivity contribution in [2.45, 2.75) is 33.9 Å². The average molecular weight is 515 g/mol. The summed E-state index contributed by atoms with van der Waals surface area (Å²) in [5.74, 6) is 0.840. The summed E-state index contributed by atoms with van der Waals surface area (Å²) in [7, 11) is 0. The van der Waals surface area contributed by atoms with Gasteiger partial charge in [0.15, 0.2) is 5.96 Å². The fraction of sp³-hybridized carbons (Fsp3) is 0.429. The van der Waals surface area contributed by atoms with Gasteiger partial charge >= 0.3 is 0 Å². The van der Waals surface area contributed by atoms with Crippen LogP contribution in [-0.2, 0) is 13.1 Å². The lowest BCUT2D eigenvalue weighted by Crippen LogP contribution is -2.36. The summed E-state index contributed by atoms with van der Waals surface area (Å²) in [4.78, 5) is 11.6. The molecule has 122 valence electrons. The van der Waals surface area contributed by atoms with Gasteiger partial charge in [0.2, 0.25) is 0 Å². The van der Waals surface area contributed by atoms with Gasteiger partial charge in [0, 0.05) is 26.2 Å². The molecule has 0 aliphatic carbocycles. The van der Waals surface area contributed by atoms with Crippen molar-refractivity contribution in [2.75, 3.05) is 6.54 Å². The Labute approximate surface area is 165 Å². The number of aromatic nitrogens is 1. The fourth-order valence-corrected chi connectivity index (χ4v) is 4.09. The van der Waals surface area contributed by atoms with Gasteiger partial charge in [-0.2, -0.15) is 0 Å². The minimum atomic E-state index is 0. The molecular weight excluding hydrogens is 495 g/mol. The van der Waals surface area contributed by atoms with Gasteiger partial charge in [0.1, 0.15) is 0 Å². The van der Waals surface area contributed by atoms with Crippen LogP contribution in [0.5, 0.6) is 0 Å². The SMILES string of the molecule is CCNC(=NCc1cc(Br)cs1)NCc1sc(C)nc1C.I. The third-order valence-electron chi connectivity index (χ3n) is 2.77. The lowest BCUT2D eigenvalue weighted by Gasteiger charge is -2.10. The van der Waals surface area contributed by atoms with Gasteiger partial charge in [-0.3, -0.25) is 0 Å². The summed E-state index contributed by atoms with van der Waals surface area (Å²) in [5, 5.41) is 9.83. The molecule has 0 atom stereocenters. The molecule has 22 heavy (non-hydrogen) atoms. The van der Waals surface area contributed by atoms with E-state index in [0.29, 0.717) is 6.54 Å². The Morgan fingerprint density at radius 3 is 2.68 bits per heavy atom. The molecule has 0 aliphatic heterocycles. The number of nitrogens with zero attached hydrogens (tertiary/aromatic N) is 2. The number of thiazole rings is 1. The van der Waals surface area contributed by atoms with E-state index < -0.39 is 0 Å². The number of guanidine groups is 1. The zero-order chi connectivity index (χ0) is 15.2. The summed E-state index contributed by atoms with van der Waals surface area (Å²) in [6.45, 7) is 8.45. The van der Waals surface area contributed by atoms with Gasteiger partial charge in [-0.25, -0.2) is 9.98 Å². The van der Waals surface area contributed by atoms with Gasteiger partial charge in [0.25, 0.3) is 0 Å². The number of halogens is 2. The molecule has 0 fully saturated rings. The molecule has 2 aromatic heterocycles. The van der Waals surface area contributed by atoms with Gasteiger partial charge in [-0.15, -0.1) is 46.7 Å². The molecule has 8 heteroatoms. The topological polar surface area (TPSA) is 49.3 Å². The molecule has 0 unspecified atom stereocenters. The van der Waals surface area contributed by atoms with Crippen LogP contribution >= 0.6 is 62.6 Å². The van der Waals surface area contributed by atoms with Crippen LogP contribution in [0.4, 0.5) is 0 Å². The summed E-state index contributed by atoms with van der Waals surface area (Å²) < 4.78 is 1.12. The Balaban J connectivity index is 0.00000242. The predicted octanol–water partition coefficient (Wildman–Crippen LogP) is 4.46. The largest absolute Gasteiger partial charge is 0.357 e. The maximum atomic E-state index is 4.62. The van der Waals surface area contributed by atoms with E-state index in [1.807, 2.05) is 13.8 Å². The molecule has 0 aromatic carbocycles. The van der Waals surface area contributed by atoms with Gasteiger partial charge in [-0.1, -0.05) is 0 Å². The smallest absolute Gasteiger partial charge is 0.191 e. The number of nitrogens with one attached hydrogen (secondary N) is 2. The van der Waals surface area contributed by atoms with E-state index in [9.17, 15) is 0 Å². The third kappa shape index (κ3) is 6.13. The first kappa shape index (κ1) is 19.9. The van der Waals surface area contributed by atoms with Crippen molar-refractivity contribution in [3.63, 3.8) is 0 Å². The van der Waals surface area contributed by atoms with Crippen molar-refractivity contribution >= 4 is 68.5 Å². The zero-order valence-electron chi connectivity index (χ0n) is 12.8. The Hall–Kier alpha value is -0.190. The van der Waals surface area contributed by atoms with Crippen molar-refractivity contribution < 1.29 is 0 Å². The Morgan fingerprint density at radius 1 is 1.36 bits per heavy atom. The van der Waals surface area contributed by atoms with Crippen LogP contribution in [0, 0.1) is 13.8 Å². The molecule has 2 heterocycles. The zero-order valence-corrected chi connectivity index (χ0v) is 18.3. The molecule has 0 aliphatic rings. The summed E-state index contributed by atoms with van der Waals surface area (Å²) in [6.07, 6.45) is 0. The van der Waals surface area contributed by atoms with Crippen molar-refractivity contribution in [2.24, 2.45) is 4.99 Å². The fourth-order valence-electron chi connectivity index (χ4n) is 1.84. The van der Waals surface area contributed by atoms with Crippen molar-refractivity contribution in [1.29, 1.82) is 0 Å². The summed E-state index contributed by atoms with van der Waals surface area (Å²) in [6, 6.07) is 2.11. The van der Waals surface area contributed by atoms with Crippen LogP contribution in [0.2, 0.25) is 0 Å². The molecule has 0 radical (unpaired) electrons. The molecule has 0 amide bonds. The van der Waals surface area contributed by atoms with E-state index in [1.54, 1.807) is 22.7 Å². The number of aryl methyl sites for hydroxylation is 2. The Morgan fingerprint density at radius 2 is 2.14 bits per heavy atom. The van der Waals surface area contributed by atoms with E-state index in [1.165, 1.54) is 9.75 Å². The summed E-state index contributed by atoms with van der Waals surface area (Å²) >= 11 is 6.91. The molecule has 0 spiro atoms. The number of rotatable bonds is 5. The Bertz CT molecular complexity index is 624. The van der Waals surface area contributed by atoms with E-state index >= 15 is 0 Å². The van der Waals surface area contributed by atoms with Gasteiger partial charge < -0.3 is 10.6 Å². The molecule has 0 bridgehead atoms. The molecule has 2 N–H and O–H groups in total. The first-order valence-corrected chi connectivity index (χ1v) is 9.25. The van der Waals surface area contributed by atoms with E-state index in [4.69, 9.17) is 0 Å². The van der Waals surface area contributed by atoms with Crippen molar-refractivity contribution in [3.05, 3.63) is 36.4 Å². The lowest BCUT2D eigenvalue weighted by atomic mass is 10.4. The minimum absolute atomic E-state index is 0.